The van der Waals surface area contributed by atoms with Crippen LogP contribution in [0.5, 0.6) is 28.7 Å². The molecule has 3 rings (SSSR count). The largest absolute Gasteiger partial charge is 0.508 e. The van der Waals surface area contributed by atoms with E-state index in [0.29, 0.717) is 5.56 Å². The molecule has 0 bridgehead atoms. The third kappa shape index (κ3) is 2.09. The van der Waals surface area contributed by atoms with Gasteiger partial charge in [0.1, 0.15) is 23.7 Å². The molecule has 0 spiro atoms. The van der Waals surface area contributed by atoms with E-state index in [1.807, 2.05) is 0 Å². The molecule has 1 aliphatic heterocycles. The number of carbonyl (C=O) groups excluding carboxylic acids is 1. The van der Waals surface area contributed by atoms with Crippen LogP contribution in [0, 0.1) is 0 Å². The average molecular weight is 302 g/mol. The smallest absolute Gasteiger partial charge is 0.201 e. The van der Waals surface area contributed by atoms with Gasteiger partial charge in [-0.2, -0.15) is 0 Å². The Balaban J connectivity index is 2.06. The summed E-state index contributed by atoms with van der Waals surface area (Å²) in [5.41, 5.74) is 0.589. The number of phenolic OH excluding ortho intramolecular Hbond substituents is 3. The van der Waals surface area contributed by atoms with E-state index in [4.69, 9.17) is 9.47 Å². The van der Waals surface area contributed by atoms with E-state index in [1.165, 1.54) is 25.3 Å². The normalized spacial score (nSPS) is 16.8. The molecule has 0 aromatic heterocycles. The van der Waals surface area contributed by atoms with Gasteiger partial charge < -0.3 is 24.8 Å². The second-order valence-electron chi connectivity index (χ2n) is 4.97. The van der Waals surface area contributed by atoms with E-state index >= 15 is 0 Å². The van der Waals surface area contributed by atoms with Crippen LogP contribution >= 0.6 is 0 Å². The van der Waals surface area contributed by atoms with E-state index in [0.717, 1.165) is 0 Å². The molecule has 0 saturated heterocycles. The van der Waals surface area contributed by atoms with Crippen LogP contribution in [0.3, 0.4) is 0 Å². The lowest BCUT2D eigenvalue weighted by molar-refractivity contribution is 0.0890. The van der Waals surface area contributed by atoms with Crippen LogP contribution < -0.4 is 9.47 Å². The minimum absolute atomic E-state index is 0.0344. The van der Waals surface area contributed by atoms with Crippen LogP contribution in [-0.4, -0.2) is 34.8 Å². The number of rotatable bonds is 2. The fraction of sp³-hybridized carbons (Fsp3) is 0.188. The summed E-state index contributed by atoms with van der Waals surface area (Å²) >= 11 is 0. The van der Waals surface area contributed by atoms with E-state index in [-0.39, 0.29) is 35.2 Å². The Kier molecular flexibility index (Phi) is 3.29. The van der Waals surface area contributed by atoms with Gasteiger partial charge in [0.25, 0.3) is 0 Å². The van der Waals surface area contributed by atoms with Gasteiger partial charge in [-0.05, 0) is 17.7 Å². The zero-order valence-electron chi connectivity index (χ0n) is 11.7. The summed E-state index contributed by atoms with van der Waals surface area (Å²) in [7, 11) is 1.34. The molecule has 0 amide bonds. The SMILES string of the molecule is COc1cc2c(c(O)c1O)C(=O)[C@@H](c1ccc(O)cc1)CO2. The predicted octanol–water partition coefficient (Wildman–Crippen LogP) is 2.17. The Bertz CT molecular complexity index is 735. The first-order valence-electron chi connectivity index (χ1n) is 6.61. The summed E-state index contributed by atoms with van der Waals surface area (Å²) in [4.78, 5) is 12.6. The van der Waals surface area contributed by atoms with Crippen molar-refractivity contribution in [1.29, 1.82) is 0 Å². The summed E-state index contributed by atoms with van der Waals surface area (Å²) in [5, 5.41) is 29.2. The lowest BCUT2D eigenvalue weighted by atomic mass is 9.88. The lowest BCUT2D eigenvalue weighted by Gasteiger charge is -2.25. The number of methoxy groups -OCH3 is 1. The van der Waals surface area contributed by atoms with Gasteiger partial charge in [0.15, 0.2) is 17.3 Å². The van der Waals surface area contributed by atoms with Gasteiger partial charge in [0.2, 0.25) is 5.75 Å². The molecular formula is C16H14O6. The number of aromatic hydroxyl groups is 3. The number of carbonyl (C=O) groups is 1. The maximum absolute atomic E-state index is 12.6. The zero-order chi connectivity index (χ0) is 15.9. The first kappa shape index (κ1) is 14.1. The molecule has 1 heterocycles. The molecule has 2 aromatic carbocycles. The molecule has 0 saturated carbocycles. The molecule has 3 N–H and O–H groups in total. The van der Waals surface area contributed by atoms with E-state index in [9.17, 15) is 20.1 Å². The van der Waals surface area contributed by atoms with Gasteiger partial charge in [-0.3, -0.25) is 4.79 Å². The summed E-state index contributed by atoms with van der Waals surface area (Å²) in [6, 6.07) is 7.56. The molecule has 114 valence electrons. The van der Waals surface area contributed by atoms with Crippen LogP contribution in [-0.2, 0) is 0 Å². The molecule has 6 nitrogen and oxygen atoms in total. The number of phenols is 3. The fourth-order valence-corrected chi connectivity index (χ4v) is 2.50. The van der Waals surface area contributed by atoms with E-state index < -0.39 is 17.4 Å². The van der Waals surface area contributed by atoms with Gasteiger partial charge in [0.05, 0.1) is 13.0 Å². The maximum atomic E-state index is 12.6. The predicted molar refractivity (Wildman–Crippen MR) is 77.0 cm³/mol. The molecule has 22 heavy (non-hydrogen) atoms. The number of ketones is 1. The molecule has 0 aliphatic carbocycles. The van der Waals surface area contributed by atoms with Crippen LogP contribution in [0.25, 0.3) is 0 Å². The summed E-state index contributed by atoms with van der Waals surface area (Å²) in [6.45, 7) is 0.101. The number of ether oxygens (including phenoxy) is 2. The highest BCUT2D eigenvalue weighted by molar-refractivity contribution is 6.07. The second-order valence-corrected chi connectivity index (χ2v) is 4.97. The molecule has 1 aliphatic rings. The van der Waals surface area contributed by atoms with Crippen molar-refractivity contribution in [2.45, 2.75) is 5.92 Å². The Morgan fingerprint density at radius 1 is 1.14 bits per heavy atom. The van der Waals surface area contributed by atoms with Crippen LogP contribution in [0.4, 0.5) is 0 Å². The molecule has 6 heteroatoms. The number of hydrogen-bond donors (Lipinski definition) is 3. The molecule has 0 unspecified atom stereocenters. The van der Waals surface area contributed by atoms with Crippen molar-refractivity contribution in [2.75, 3.05) is 13.7 Å². The monoisotopic (exact) mass is 302 g/mol. The van der Waals surface area contributed by atoms with Gasteiger partial charge in [-0.25, -0.2) is 0 Å². The fourth-order valence-electron chi connectivity index (χ4n) is 2.50. The average Bonchev–Trinajstić information content (AvgIpc) is 2.52. The van der Waals surface area contributed by atoms with Crippen molar-refractivity contribution >= 4 is 5.78 Å². The Morgan fingerprint density at radius 3 is 2.45 bits per heavy atom. The van der Waals surface area contributed by atoms with Crippen molar-refractivity contribution in [3.8, 4) is 28.7 Å². The van der Waals surface area contributed by atoms with E-state index in [1.54, 1.807) is 12.1 Å². The van der Waals surface area contributed by atoms with Crippen molar-refractivity contribution in [3.63, 3.8) is 0 Å². The van der Waals surface area contributed by atoms with Crippen molar-refractivity contribution in [3.05, 3.63) is 41.5 Å². The molecule has 0 fully saturated rings. The Morgan fingerprint density at radius 2 is 1.82 bits per heavy atom. The third-order valence-electron chi connectivity index (χ3n) is 3.69. The van der Waals surface area contributed by atoms with Crippen LogP contribution in [0.1, 0.15) is 21.8 Å². The quantitative estimate of drug-likeness (QED) is 0.736. The highest BCUT2D eigenvalue weighted by Crippen LogP contribution is 2.47. The molecule has 2 aromatic rings. The zero-order valence-corrected chi connectivity index (χ0v) is 11.7. The third-order valence-corrected chi connectivity index (χ3v) is 3.69. The molecule has 0 radical (unpaired) electrons. The van der Waals surface area contributed by atoms with Crippen LogP contribution in [0.2, 0.25) is 0 Å². The number of hydrogen-bond acceptors (Lipinski definition) is 6. The van der Waals surface area contributed by atoms with Gasteiger partial charge in [-0.15, -0.1) is 0 Å². The first-order valence-corrected chi connectivity index (χ1v) is 6.61. The Labute approximate surface area is 126 Å². The van der Waals surface area contributed by atoms with Crippen molar-refractivity contribution in [2.24, 2.45) is 0 Å². The van der Waals surface area contributed by atoms with Crippen LogP contribution in [0.15, 0.2) is 30.3 Å². The number of fused-ring (bicyclic) bond motifs is 1. The van der Waals surface area contributed by atoms with Crippen molar-refractivity contribution < 1.29 is 29.6 Å². The standard InChI is InChI=1S/C16H14O6/c1-21-12-6-11-13(16(20)15(12)19)14(18)10(7-22-11)8-2-4-9(17)5-3-8/h2-6,10,17,19-20H,7H2,1H3/t10-/m1/s1. The topological polar surface area (TPSA) is 96.2 Å². The molecule has 1 atom stereocenters. The van der Waals surface area contributed by atoms with E-state index in [2.05, 4.69) is 0 Å². The van der Waals surface area contributed by atoms with Gasteiger partial charge in [-0.1, -0.05) is 12.1 Å². The molecular weight excluding hydrogens is 288 g/mol. The second kappa shape index (κ2) is 5.14. The summed E-state index contributed by atoms with van der Waals surface area (Å²) < 4.78 is 10.5. The number of benzene rings is 2. The highest BCUT2D eigenvalue weighted by Gasteiger charge is 2.35. The number of Topliss-reactive ketones (excluding diaryl/α,β-unsaturated/α-hetero) is 1. The van der Waals surface area contributed by atoms with Gasteiger partial charge >= 0.3 is 0 Å². The summed E-state index contributed by atoms with van der Waals surface area (Å²) in [5.74, 6) is -1.72. The first-order chi connectivity index (χ1) is 10.5. The minimum atomic E-state index is -0.619. The maximum Gasteiger partial charge on any atom is 0.201 e. The van der Waals surface area contributed by atoms with Crippen molar-refractivity contribution in [1.82, 2.24) is 0 Å². The summed E-state index contributed by atoms with van der Waals surface area (Å²) in [6.07, 6.45) is 0. The lowest BCUT2D eigenvalue weighted by Crippen LogP contribution is -2.26. The Hall–Kier alpha value is -2.89. The highest BCUT2D eigenvalue weighted by atomic mass is 16.5. The van der Waals surface area contributed by atoms with Gasteiger partial charge in [0, 0.05) is 6.07 Å². The minimum Gasteiger partial charge on any atom is -0.508 e.